The van der Waals surface area contributed by atoms with Crippen molar-refractivity contribution in [2.75, 3.05) is 20.9 Å². The second-order valence-corrected chi connectivity index (χ2v) is 18.9. The van der Waals surface area contributed by atoms with Crippen LogP contribution in [0.4, 0.5) is 51.2 Å². The smallest absolute Gasteiger partial charge is 0.0463 e. The van der Waals surface area contributed by atoms with Gasteiger partial charge in [0, 0.05) is 51.2 Å². The molecule has 0 aliphatic heterocycles. The monoisotopic (exact) mass is 974 g/mol. The largest absolute Gasteiger partial charge is 0.356 e. The van der Waals surface area contributed by atoms with Gasteiger partial charge in [0.1, 0.15) is 0 Å². The zero-order valence-corrected chi connectivity index (χ0v) is 41.9. The third kappa shape index (κ3) is 10.9. The number of rotatable bonds is 15. The van der Waals surface area contributed by atoms with Crippen molar-refractivity contribution >= 4 is 51.2 Å². The highest BCUT2D eigenvalue weighted by Gasteiger charge is 2.14. The molecule has 0 aliphatic rings. The van der Waals surface area contributed by atoms with Gasteiger partial charge in [-0.1, -0.05) is 182 Å². The molecule has 4 heteroatoms. The van der Waals surface area contributed by atoms with Crippen LogP contribution in [0.25, 0.3) is 66.8 Å². The minimum Gasteiger partial charge on any atom is -0.356 e. The third-order valence-electron chi connectivity index (χ3n) is 13.8. The number of anilines is 9. The summed E-state index contributed by atoms with van der Waals surface area (Å²) >= 11 is 0. The molecule has 362 valence electrons. The van der Waals surface area contributed by atoms with Crippen molar-refractivity contribution in [3.63, 3.8) is 0 Å². The van der Waals surface area contributed by atoms with Crippen molar-refractivity contribution in [1.29, 1.82) is 0 Å². The molecule has 0 aromatic heterocycles. The van der Waals surface area contributed by atoms with Crippen LogP contribution in [0.1, 0.15) is 0 Å². The van der Waals surface area contributed by atoms with Crippen LogP contribution in [0.2, 0.25) is 0 Å². The summed E-state index contributed by atoms with van der Waals surface area (Å²) in [5.41, 5.74) is 23.6. The Kier molecular flexibility index (Phi) is 13.5. The number of nitrogens with zero attached hydrogens (tertiary/aromatic N) is 1. The van der Waals surface area contributed by atoms with Crippen molar-refractivity contribution < 1.29 is 0 Å². The molecule has 0 amide bonds. The van der Waals surface area contributed by atoms with Gasteiger partial charge in [-0.15, -0.1) is 0 Å². The number of hydrogen-bond acceptors (Lipinski definition) is 4. The van der Waals surface area contributed by atoms with Crippen molar-refractivity contribution in [1.82, 2.24) is 0 Å². The molecule has 4 nitrogen and oxygen atoms in total. The van der Waals surface area contributed by atoms with Crippen molar-refractivity contribution in [2.24, 2.45) is 0 Å². The molecule has 0 saturated carbocycles. The number of benzene rings is 12. The van der Waals surface area contributed by atoms with Crippen LogP contribution in [0, 0.1) is 0 Å². The minimum atomic E-state index is 1.01. The second kappa shape index (κ2) is 21.9. The van der Waals surface area contributed by atoms with Gasteiger partial charge in [0.2, 0.25) is 0 Å². The van der Waals surface area contributed by atoms with E-state index in [1.165, 1.54) is 66.8 Å². The van der Waals surface area contributed by atoms with Crippen LogP contribution in [-0.2, 0) is 0 Å². The zero-order valence-electron chi connectivity index (χ0n) is 41.9. The average molecular weight is 975 g/mol. The molecular weight excluding hydrogens is 921 g/mol. The Morgan fingerprint density at radius 3 is 0.566 bits per heavy atom. The fraction of sp³-hybridized carbons (Fsp3) is 0. The highest BCUT2D eigenvalue weighted by molar-refractivity contribution is 5.82. The Balaban J connectivity index is 0.767. The average Bonchev–Trinajstić information content (AvgIpc) is 3.50. The molecular formula is C72H54N4. The maximum Gasteiger partial charge on any atom is 0.0463 e. The van der Waals surface area contributed by atoms with E-state index in [2.05, 4.69) is 330 Å². The van der Waals surface area contributed by atoms with Crippen molar-refractivity contribution in [3.05, 3.63) is 309 Å². The summed E-state index contributed by atoms with van der Waals surface area (Å²) in [6.45, 7) is 0. The first-order valence-electron chi connectivity index (χ1n) is 25.8. The first kappa shape index (κ1) is 46.9. The molecule has 0 radical (unpaired) electrons. The van der Waals surface area contributed by atoms with E-state index in [9.17, 15) is 0 Å². The van der Waals surface area contributed by atoms with Gasteiger partial charge in [-0.3, -0.25) is 0 Å². The molecule has 0 aliphatic carbocycles. The molecule has 0 fully saturated rings. The molecule has 0 bridgehead atoms. The highest BCUT2D eigenvalue weighted by Crippen LogP contribution is 2.38. The number of nitrogens with one attached hydrogen (secondary N) is 3. The van der Waals surface area contributed by atoms with E-state index in [0.29, 0.717) is 0 Å². The van der Waals surface area contributed by atoms with Gasteiger partial charge in [-0.05, 0) is 194 Å². The summed E-state index contributed by atoms with van der Waals surface area (Å²) in [6, 6.07) is 110. The van der Waals surface area contributed by atoms with Crippen LogP contribution in [-0.4, -0.2) is 0 Å². The van der Waals surface area contributed by atoms with E-state index < -0.39 is 0 Å². The van der Waals surface area contributed by atoms with Crippen LogP contribution in [0.15, 0.2) is 309 Å². The Morgan fingerprint density at radius 1 is 0.158 bits per heavy atom. The molecule has 3 N–H and O–H groups in total. The van der Waals surface area contributed by atoms with Gasteiger partial charge in [-0.25, -0.2) is 0 Å². The first-order valence-corrected chi connectivity index (χ1v) is 25.8. The molecule has 0 spiro atoms. The normalized spacial score (nSPS) is 10.9. The fourth-order valence-electron chi connectivity index (χ4n) is 9.79. The second-order valence-electron chi connectivity index (χ2n) is 18.9. The van der Waals surface area contributed by atoms with E-state index >= 15 is 0 Å². The molecule has 12 aromatic carbocycles. The Morgan fingerprint density at radius 2 is 0.342 bits per heavy atom. The predicted octanol–water partition coefficient (Wildman–Crippen LogP) is 20.4. The minimum absolute atomic E-state index is 1.01. The summed E-state index contributed by atoms with van der Waals surface area (Å²) < 4.78 is 0. The maximum atomic E-state index is 3.64. The quantitative estimate of drug-likeness (QED) is 0.0957. The lowest BCUT2D eigenvalue weighted by Crippen LogP contribution is -2.10. The SMILES string of the molecule is c1ccc(-c2cccc(-c3ccc(Nc4ccc(N(c5ccc(Nc6ccc(-c7cccc(-c8ccccc8)c7)cc6)cc5)c5ccc(Nc6ccc(-c7cccc(-c8ccccc8)c7)cc6)cc5)cc4)cc3)c2)cc1. The van der Waals surface area contributed by atoms with Crippen LogP contribution < -0.4 is 20.9 Å². The molecule has 0 saturated heterocycles. The first-order chi connectivity index (χ1) is 37.6. The summed E-state index contributed by atoms with van der Waals surface area (Å²) in [5, 5.41) is 10.9. The Hall–Kier alpha value is -10.2. The summed E-state index contributed by atoms with van der Waals surface area (Å²) in [7, 11) is 0. The summed E-state index contributed by atoms with van der Waals surface area (Å²) in [4.78, 5) is 2.30. The van der Waals surface area contributed by atoms with Crippen molar-refractivity contribution in [3.8, 4) is 66.8 Å². The van der Waals surface area contributed by atoms with Gasteiger partial charge >= 0.3 is 0 Å². The Labute approximate surface area is 445 Å². The highest BCUT2D eigenvalue weighted by atomic mass is 15.1. The molecule has 0 heterocycles. The van der Waals surface area contributed by atoms with E-state index in [1.54, 1.807) is 0 Å². The van der Waals surface area contributed by atoms with Gasteiger partial charge < -0.3 is 20.9 Å². The maximum absolute atomic E-state index is 3.64. The molecule has 12 rings (SSSR count). The fourth-order valence-corrected chi connectivity index (χ4v) is 9.79. The lowest BCUT2D eigenvalue weighted by molar-refractivity contribution is 1.28. The Bertz CT molecular complexity index is 3410. The van der Waals surface area contributed by atoms with E-state index in [0.717, 1.165) is 51.2 Å². The van der Waals surface area contributed by atoms with Gasteiger partial charge in [0.15, 0.2) is 0 Å². The summed E-state index contributed by atoms with van der Waals surface area (Å²) in [5.74, 6) is 0. The lowest BCUT2D eigenvalue weighted by atomic mass is 9.99. The third-order valence-corrected chi connectivity index (χ3v) is 13.8. The molecule has 0 atom stereocenters. The molecule has 76 heavy (non-hydrogen) atoms. The van der Waals surface area contributed by atoms with E-state index in [1.807, 2.05) is 0 Å². The topological polar surface area (TPSA) is 39.3 Å². The molecule has 0 unspecified atom stereocenters. The van der Waals surface area contributed by atoms with Gasteiger partial charge in [0.25, 0.3) is 0 Å². The van der Waals surface area contributed by atoms with Gasteiger partial charge in [0.05, 0.1) is 0 Å². The standard InChI is InChI=1S/C72H54N4/c1-4-13-52(14-5-1)58-19-10-22-61(49-58)55-25-31-64(32-26-55)73-67-37-43-70(44-38-67)76(71-45-39-68(40-46-71)74-65-33-27-56(28-34-65)62-23-11-20-59(50-62)53-15-6-2-7-16-53)72-47-41-69(42-48-72)75-66-35-29-57(30-36-66)63-24-12-21-60(51-63)54-17-8-3-9-18-54/h1-51,73-75H. The van der Waals surface area contributed by atoms with Crippen LogP contribution in [0.3, 0.4) is 0 Å². The van der Waals surface area contributed by atoms with Crippen LogP contribution in [0.5, 0.6) is 0 Å². The van der Waals surface area contributed by atoms with Gasteiger partial charge in [-0.2, -0.15) is 0 Å². The summed E-state index contributed by atoms with van der Waals surface area (Å²) in [6.07, 6.45) is 0. The lowest BCUT2D eigenvalue weighted by Gasteiger charge is -2.26. The van der Waals surface area contributed by atoms with E-state index in [4.69, 9.17) is 0 Å². The number of hydrogen-bond donors (Lipinski definition) is 3. The van der Waals surface area contributed by atoms with Crippen molar-refractivity contribution in [2.45, 2.75) is 0 Å². The van der Waals surface area contributed by atoms with Crippen LogP contribution >= 0.6 is 0 Å². The molecule has 12 aromatic rings. The van der Waals surface area contributed by atoms with E-state index in [-0.39, 0.29) is 0 Å². The predicted molar refractivity (Wildman–Crippen MR) is 323 cm³/mol. The zero-order chi connectivity index (χ0) is 50.9.